The van der Waals surface area contributed by atoms with Crippen molar-refractivity contribution in [3.8, 4) is 17.2 Å². The molecule has 2 aromatic carbocycles. The van der Waals surface area contributed by atoms with Crippen molar-refractivity contribution >= 4 is 17.5 Å². The molecule has 1 aliphatic rings. The molecule has 3 rings (SSSR count). The van der Waals surface area contributed by atoms with Gasteiger partial charge in [-0.2, -0.15) is 0 Å². The van der Waals surface area contributed by atoms with Crippen molar-refractivity contribution in [2.75, 3.05) is 25.6 Å². The summed E-state index contributed by atoms with van der Waals surface area (Å²) in [4.78, 5) is 23.9. The third-order valence-corrected chi connectivity index (χ3v) is 3.59. The van der Waals surface area contributed by atoms with Gasteiger partial charge >= 0.3 is 11.8 Å². The molecule has 1 atom stereocenters. The van der Waals surface area contributed by atoms with Crippen molar-refractivity contribution in [1.82, 2.24) is 5.32 Å². The number of fused-ring (bicyclic) bond motifs is 1. The first-order chi connectivity index (χ1) is 12.2. The van der Waals surface area contributed by atoms with Crippen LogP contribution < -0.4 is 24.8 Å². The van der Waals surface area contributed by atoms with Gasteiger partial charge in [-0.3, -0.25) is 9.59 Å². The fourth-order valence-electron chi connectivity index (χ4n) is 2.34. The summed E-state index contributed by atoms with van der Waals surface area (Å²) in [7, 11) is 1.53. The molecule has 0 saturated heterocycles. The Kier molecular flexibility index (Phi) is 5.03. The van der Waals surface area contributed by atoms with E-state index in [1.165, 1.54) is 7.11 Å². The van der Waals surface area contributed by atoms with Crippen LogP contribution in [0.25, 0.3) is 0 Å². The van der Waals surface area contributed by atoms with Crippen LogP contribution in [0, 0.1) is 0 Å². The molecule has 0 saturated carbocycles. The van der Waals surface area contributed by atoms with E-state index in [1.807, 2.05) is 18.2 Å². The molecule has 130 valence electrons. The van der Waals surface area contributed by atoms with Crippen LogP contribution in [-0.4, -0.2) is 38.2 Å². The topological polar surface area (TPSA) is 85.9 Å². The highest BCUT2D eigenvalue weighted by molar-refractivity contribution is 6.39. The number of hydrogen-bond acceptors (Lipinski definition) is 5. The van der Waals surface area contributed by atoms with E-state index in [1.54, 1.807) is 30.3 Å². The lowest BCUT2D eigenvalue weighted by Gasteiger charge is -2.26. The fourth-order valence-corrected chi connectivity index (χ4v) is 2.34. The van der Waals surface area contributed by atoms with Crippen LogP contribution in [0.4, 0.5) is 5.69 Å². The number of amides is 2. The van der Waals surface area contributed by atoms with E-state index in [9.17, 15) is 9.59 Å². The molecule has 7 heteroatoms. The van der Waals surface area contributed by atoms with Gasteiger partial charge < -0.3 is 24.8 Å². The van der Waals surface area contributed by atoms with Gasteiger partial charge in [0.15, 0.2) is 11.5 Å². The maximum Gasteiger partial charge on any atom is 0.313 e. The van der Waals surface area contributed by atoms with E-state index in [0.29, 0.717) is 29.5 Å². The molecule has 0 aromatic heterocycles. The molecule has 25 heavy (non-hydrogen) atoms. The van der Waals surface area contributed by atoms with E-state index in [2.05, 4.69) is 10.6 Å². The molecule has 0 radical (unpaired) electrons. The number of benzene rings is 2. The summed E-state index contributed by atoms with van der Waals surface area (Å²) >= 11 is 0. The maximum absolute atomic E-state index is 11.9. The minimum atomic E-state index is -0.759. The Bertz CT molecular complexity index is 778. The highest BCUT2D eigenvalue weighted by atomic mass is 16.6. The van der Waals surface area contributed by atoms with Crippen molar-refractivity contribution in [3.63, 3.8) is 0 Å². The number of anilines is 1. The molecular formula is C18H18N2O5. The molecule has 7 nitrogen and oxygen atoms in total. The zero-order chi connectivity index (χ0) is 17.6. The Hall–Kier alpha value is -3.22. The highest BCUT2D eigenvalue weighted by Gasteiger charge is 2.22. The van der Waals surface area contributed by atoms with Crippen LogP contribution in [-0.2, 0) is 9.59 Å². The summed E-state index contributed by atoms with van der Waals surface area (Å²) in [5, 5.41) is 5.06. The summed E-state index contributed by atoms with van der Waals surface area (Å²) in [6.45, 7) is 0.466. The summed E-state index contributed by atoms with van der Waals surface area (Å²) < 4.78 is 16.4. The van der Waals surface area contributed by atoms with Crippen LogP contribution in [0.3, 0.4) is 0 Å². The number of methoxy groups -OCH3 is 1. The Balaban J connectivity index is 1.50. The normalized spacial score (nSPS) is 15.2. The van der Waals surface area contributed by atoms with Gasteiger partial charge in [-0.05, 0) is 24.3 Å². The Labute approximate surface area is 144 Å². The zero-order valence-electron chi connectivity index (χ0n) is 13.7. The second-order valence-electron chi connectivity index (χ2n) is 5.39. The van der Waals surface area contributed by atoms with Crippen LogP contribution in [0.15, 0.2) is 48.5 Å². The van der Waals surface area contributed by atoms with Gasteiger partial charge in [0.05, 0.1) is 13.7 Å². The van der Waals surface area contributed by atoms with Gasteiger partial charge in [-0.1, -0.05) is 18.2 Å². The van der Waals surface area contributed by atoms with E-state index >= 15 is 0 Å². The zero-order valence-corrected chi connectivity index (χ0v) is 13.7. The number of carbonyl (C=O) groups is 2. The third-order valence-electron chi connectivity index (χ3n) is 3.59. The molecule has 0 aliphatic carbocycles. The summed E-state index contributed by atoms with van der Waals surface area (Å²) in [5.41, 5.74) is 0.477. The lowest BCUT2D eigenvalue weighted by molar-refractivity contribution is -0.136. The van der Waals surface area contributed by atoms with E-state index in [-0.39, 0.29) is 12.6 Å². The number of nitrogens with one attached hydrogen (secondary N) is 2. The minimum absolute atomic E-state index is 0.165. The predicted molar refractivity (Wildman–Crippen MR) is 91.0 cm³/mol. The average molecular weight is 342 g/mol. The van der Waals surface area contributed by atoms with Crippen molar-refractivity contribution in [3.05, 3.63) is 48.5 Å². The Morgan fingerprint density at radius 1 is 1.12 bits per heavy atom. The van der Waals surface area contributed by atoms with E-state index in [0.717, 1.165) is 0 Å². The maximum atomic E-state index is 11.9. The van der Waals surface area contributed by atoms with Crippen LogP contribution in [0.5, 0.6) is 17.2 Å². The van der Waals surface area contributed by atoms with Gasteiger partial charge in [0, 0.05) is 11.8 Å². The molecule has 2 N–H and O–H groups in total. The van der Waals surface area contributed by atoms with Crippen molar-refractivity contribution in [2.45, 2.75) is 6.10 Å². The van der Waals surface area contributed by atoms with E-state index in [4.69, 9.17) is 14.2 Å². The molecule has 0 bridgehead atoms. The third kappa shape index (κ3) is 4.20. The summed E-state index contributed by atoms with van der Waals surface area (Å²) in [6.07, 6.45) is -0.358. The largest absolute Gasteiger partial charge is 0.497 e. The number of rotatable bonds is 4. The molecule has 0 fully saturated rings. The standard InChI is InChI=1S/C18H18N2O5/c1-23-13-6-4-5-12(9-13)20-18(22)17(21)19-10-14-11-24-15-7-2-3-8-16(15)25-14/h2-9,14H,10-11H2,1H3,(H,19,21)(H,20,22). The average Bonchev–Trinajstić information content (AvgIpc) is 2.66. The second-order valence-corrected chi connectivity index (χ2v) is 5.39. The van der Waals surface area contributed by atoms with Gasteiger partial charge in [0.1, 0.15) is 18.5 Å². The highest BCUT2D eigenvalue weighted by Crippen LogP contribution is 2.30. The number of hydrogen-bond donors (Lipinski definition) is 2. The number of ether oxygens (including phenoxy) is 3. The SMILES string of the molecule is COc1cccc(NC(=O)C(=O)NCC2COc3ccccc3O2)c1. The fraction of sp³-hybridized carbons (Fsp3) is 0.222. The van der Waals surface area contributed by atoms with Crippen LogP contribution in [0.2, 0.25) is 0 Å². The van der Waals surface area contributed by atoms with Crippen LogP contribution >= 0.6 is 0 Å². The predicted octanol–water partition coefficient (Wildman–Crippen LogP) is 1.59. The van der Waals surface area contributed by atoms with Gasteiger partial charge in [-0.15, -0.1) is 0 Å². The Morgan fingerprint density at radius 2 is 1.92 bits per heavy atom. The smallest absolute Gasteiger partial charge is 0.313 e. The van der Waals surface area contributed by atoms with Crippen molar-refractivity contribution < 1.29 is 23.8 Å². The van der Waals surface area contributed by atoms with Gasteiger partial charge in [0.25, 0.3) is 0 Å². The number of carbonyl (C=O) groups excluding carboxylic acids is 2. The molecule has 1 aliphatic heterocycles. The number of para-hydroxylation sites is 2. The lowest BCUT2D eigenvalue weighted by Crippen LogP contribution is -2.44. The second kappa shape index (κ2) is 7.57. The quantitative estimate of drug-likeness (QED) is 0.824. The molecule has 2 amide bonds. The lowest BCUT2D eigenvalue weighted by atomic mass is 10.2. The first kappa shape index (κ1) is 16.6. The molecular weight excluding hydrogens is 324 g/mol. The molecule has 2 aromatic rings. The van der Waals surface area contributed by atoms with E-state index < -0.39 is 11.8 Å². The summed E-state index contributed by atoms with van der Waals surface area (Å²) in [6, 6.07) is 14.1. The first-order valence-corrected chi connectivity index (χ1v) is 7.77. The van der Waals surface area contributed by atoms with Crippen molar-refractivity contribution in [2.24, 2.45) is 0 Å². The molecule has 1 unspecified atom stereocenters. The minimum Gasteiger partial charge on any atom is -0.497 e. The first-order valence-electron chi connectivity index (χ1n) is 7.77. The Morgan fingerprint density at radius 3 is 2.72 bits per heavy atom. The van der Waals surface area contributed by atoms with Crippen molar-refractivity contribution in [1.29, 1.82) is 0 Å². The molecule has 0 spiro atoms. The van der Waals surface area contributed by atoms with Crippen LogP contribution in [0.1, 0.15) is 0 Å². The monoisotopic (exact) mass is 342 g/mol. The van der Waals surface area contributed by atoms with Gasteiger partial charge in [0.2, 0.25) is 0 Å². The summed E-state index contributed by atoms with van der Waals surface area (Å²) in [5.74, 6) is 0.370. The van der Waals surface area contributed by atoms with Gasteiger partial charge in [-0.25, -0.2) is 0 Å². The molecule has 1 heterocycles.